The lowest BCUT2D eigenvalue weighted by molar-refractivity contribution is 0.244. The molecule has 2 aliphatic rings. The molecule has 0 saturated carbocycles. The average Bonchev–Trinajstić information content (AvgIpc) is 3.33. The van der Waals surface area contributed by atoms with Crippen molar-refractivity contribution in [1.82, 2.24) is 34.6 Å². The maximum absolute atomic E-state index is 13.5. The highest BCUT2D eigenvalue weighted by Gasteiger charge is 2.31. The van der Waals surface area contributed by atoms with E-state index in [1.54, 1.807) is 39.0 Å². The summed E-state index contributed by atoms with van der Waals surface area (Å²) >= 11 is 3.60. The Labute approximate surface area is 282 Å². The number of anilines is 5. The molecule has 0 spiro atoms. The molecule has 12 nitrogen and oxygen atoms in total. The van der Waals surface area contributed by atoms with Crippen molar-refractivity contribution in [2.45, 2.75) is 25.3 Å². The van der Waals surface area contributed by atoms with E-state index in [2.05, 4.69) is 75.6 Å². The van der Waals surface area contributed by atoms with Gasteiger partial charge in [0.2, 0.25) is 5.95 Å². The monoisotopic (exact) mass is 716 g/mol. The number of piperidine rings is 1. The van der Waals surface area contributed by atoms with Crippen molar-refractivity contribution in [3.8, 4) is 16.9 Å². The van der Waals surface area contributed by atoms with Crippen LogP contribution in [0.5, 0.6) is 5.75 Å². The maximum Gasteiger partial charge on any atom is 0.229 e. The van der Waals surface area contributed by atoms with Gasteiger partial charge >= 0.3 is 0 Å². The summed E-state index contributed by atoms with van der Waals surface area (Å²) in [6.07, 6.45) is 10.1. The predicted octanol–water partition coefficient (Wildman–Crippen LogP) is 5.78. The number of rotatable bonds is 7. The first-order valence-corrected chi connectivity index (χ1v) is 19.0. The van der Waals surface area contributed by atoms with Crippen LogP contribution in [0, 0.1) is 0 Å². The molecule has 1 atom stereocenters. The zero-order valence-electron chi connectivity index (χ0n) is 27.2. The molecule has 0 bridgehead atoms. The lowest BCUT2D eigenvalue weighted by Crippen LogP contribution is -2.47. The van der Waals surface area contributed by atoms with Gasteiger partial charge in [-0.15, -0.1) is 0 Å². The average molecular weight is 718 g/mol. The summed E-state index contributed by atoms with van der Waals surface area (Å²) in [5, 5.41) is 12.0. The van der Waals surface area contributed by atoms with Crippen LogP contribution in [0.3, 0.4) is 0 Å². The maximum atomic E-state index is 13.5. The summed E-state index contributed by atoms with van der Waals surface area (Å²) < 4.78 is 22.1. The van der Waals surface area contributed by atoms with E-state index in [1.807, 2.05) is 30.1 Å². The zero-order valence-corrected chi connectivity index (χ0v) is 29.6. The number of hydrogen-bond donors (Lipinski definition) is 2. The molecular weight excluding hydrogens is 679 g/mol. The molecule has 7 rings (SSSR count). The minimum atomic E-state index is -2.76. The first-order valence-electron chi connectivity index (χ1n) is 15.6. The number of likely N-dealkylation sites (tertiary alicyclic amines) is 1. The normalized spacial score (nSPS) is 16.8. The Morgan fingerprint density at radius 3 is 2.62 bits per heavy atom. The van der Waals surface area contributed by atoms with Gasteiger partial charge < -0.3 is 29.7 Å². The number of methoxy groups -OCH3 is 1. The third-order valence-corrected chi connectivity index (χ3v) is 11.1. The van der Waals surface area contributed by atoms with Gasteiger partial charge in [-0.1, -0.05) is 0 Å². The molecule has 2 N–H and O–H groups in total. The van der Waals surface area contributed by atoms with Crippen molar-refractivity contribution in [2.75, 3.05) is 62.7 Å². The number of likely N-dealkylation sites (N-methyl/N-ethyl adjacent to an activating group) is 1. The van der Waals surface area contributed by atoms with Gasteiger partial charge in [0.1, 0.15) is 24.2 Å². The van der Waals surface area contributed by atoms with Crippen LogP contribution < -0.4 is 25.6 Å². The first-order chi connectivity index (χ1) is 22.6. The van der Waals surface area contributed by atoms with Crippen molar-refractivity contribution in [3.63, 3.8) is 0 Å². The molecule has 47 heavy (non-hydrogen) atoms. The molecule has 5 aromatic rings. The smallest absolute Gasteiger partial charge is 0.229 e. The number of hydrogen-bond acceptors (Lipinski definition) is 11. The van der Waals surface area contributed by atoms with Crippen LogP contribution in [0.1, 0.15) is 18.5 Å². The van der Waals surface area contributed by atoms with Crippen LogP contribution >= 0.6 is 23.1 Å². The topological polar surface area (TPSA) is 126 Å². The number of aromatic nitrogens is 6. The summed E-state index contributed by atoms with van der Waals surface area (Å²) in [5.74, 6) is 1.58. The van der Waals surface area contributed by atoms with E-state index in [1.165, 1.54) is 12.1 Å². The van der Waals surface area contributed by atoms with Gasteiger partial charge in [-0.3, -0.25) is 14.6 Å². The molecule has 2 aromatic carbocycles. The minimum absolute atomic E-state index is 0.373. The van der Waals surface area contributed by atoms with Crippen LogP contribution in [0.4, 0.5) is 28.8 Å². The fraction of sp³-hybridized carbons (Fsp3) is 0.364. The van der Waals surface area contributed by atoms with Gasteiger partial charge in [0.25, 0.3) is 0 Å². The highest BCUT2D eigenvalue weighted by atomic mass is 79.9. The Kier molecular flexibility index (Phi) is 8.40. The third kappa shape index (κ3) is 6.08. The Hall–Kier alpha value is -4.06. The minimum Gasteiger partial charge on any atom is -0.494 e. The Balaban J connectivity index is 1.27. The number of benzene rings is 2. The summed E-state index contributed by atoms with van der Waals surface area (Å²) in [6.45, 7) is 6.52. The lowest BCUT2D eigenvalue weighted by Gasteiger charge is -2.39. The summed E-state index contributed by atoms with van der Waals surface area (Å²) in [6, 6.07) is 8.40. The second-order valence-electron chi connectivity index (χ2n) is 12.6. The number of aryl methyl sites for hydroxylation is 1. The summed E-state index contributed by atoms with van der Waals surface area (Å²) in [7, 11) is 3.14. The van der Waals surface area contributed by atoms with Gasteiger partial charge in [-0.25, -0.2) is 4.98 Å². The van der Waals surface area contributed by atoms with E-state index in [4.69, 9.17) is 9.72 Å². The van der Waals surface area contributed by atoms with Crippen molar-refractivity contribution in [3.05, 3.63) is 59.2 Å². The molecule has 1 saturated heterocycles. The number of nitrogens with zero attached hydrogens (tertiary/aromatic N) is 8. The molecule has 0 radical (unpaired) electrons. The predicted molar refractivity (Wildman–Crippen MR) is 192 cm³/mol. The second kappa shape index (κ2) is 12.5. The largest absolute Gasteiger partial charge is 0.494 e. The van der Waals surface area contributed by atoms with Gasteiger partial charge in [0, 0.05) is 79.8 Å². The fourth-order valence-corrected chi connectivity index (χ4v) is 8.51. The molecule has 1 unspecified atom stereocenters. The number of nitrogens with one attached hydrogen (secondary N) is 2. The SMILES string of the molecule is COc1cc2c(cc1Nc1ncc(Br)c(Nc3ccc4nccnc4c3P(C)(C)=O)n1)-c1cnn(C)c1CCN2C1CCCN(C)C1. The van der Waals surface area contributed by atoms with Crippen LogP contribution in [-0.4, -0.2) is 87.8 Å². The van der Waals surface area contributed by atoms with Crippen LogP contribution in [0.15, 0.2) is 53.5 Å². The third-order valence-electron chi connectivity index (χ3n) is 9.00. The van der Waals surface area contributed by atoms with E-state index in [9.17, 15) is 4.57 Å². The molecule has 244 valence electrons. The number of fused-ring (bicyclic) bond motifs is 4. The van der Waals surface area contributed by atoms with Crippen molar-refractivity contribution >= 4 is 68.2 Å². The van der Waals surface area contributed by atoms with E-state index < -0.39 is 7.14 Å². The van der Waals surface area contributed by atoms with Crippen molar-refractivity contribution in [2.24, 2.45) is 7.05 Å². The van der Waals surface area contributed by atoms with Crippen LogP contribution in [0.2, 0.25) is 0 Å². The van der Waals surface area contributed by atoms with Crippen molar-refractivity contribution in [1.29, 1.82) is 0 Å². The summed E-state index contributed by atoms with van der Waals surface area (Å²) in [5.41, 5.74) is 7.25. The summed E-state index contributed by atoms with van der Waals surface area (Å²) in [4.78, 5) is 23.3. The highest BCUT2D eigenvalue weighted by molar-refractivity contribution is 9.10. The second-order valence-corrected chi connectivity index (χ2v) is 16.6. The fourth-order valence-electron chi connectivity index (χ4n) is 6.82. The highest BCUT2D eigenvalue weighted by Crippen LogP contribution is 2.45. The quantitative estimate of drug-likeness (QED) is 0.199. The lowest BCUT2D eigenvalue weighted by atomic mass is 10.00. The van der Waals surface area contributed by atoms with E-state index in [0.717, 1.165) is 55.0 Å². The Morgan fingerprint density at radius 2 is 1.83 bits per heavy atom. The first kappa shape index (κ1) is 31.5. The molecule has 1 fully saturated rings. The van der Waals surface area contributed by atoms with Gasteiger partial charge in [0.05, 0.1) is 40.0 Å². The number of ether oxygens (including phenoxy) is 1. The van der Waals surface area contributed by atoms with Crippen molar-refractivity contribution < 1.29 is 9.30 Å². The van der Waals surface area contributed by atoms with E-state index in [-0.39, 0.29) is 0 Å². The van der Waals surface area contributed by atoms with E-state index in [0.29, 0.717) is 50.1 Å². The number of halogens is 1. The molecule has 0 aliphatic carbocycles. The van der Waals surface area contributed by atoms with Crippen LogP contribution in [0.25, 0.3) is 22.2 Å². The van der Waals surface area contributed by atoms with Gasteiger partial charge in [0.15, 0.2) is 0 Å². The van der Waals surface area contributed by atoms with E-state index >= 15 is 0 Å². The Bertz CT molecular complexity index is 2030. The van der Waals surface area contributed by atoms with Crippen LogP contribution in [-0.2, 0) is 18.0 Å². The molecule has 2 aliphatic heterocycles. The van der Waals surface area contributed by atoms with Gasteiger partial charge in [-0.2, -0.15) is 10.1 Å². The standard InChI is InChI=1S/C33H38BrN10O2P/c1-42-13-6-7-20(19-42)44-14-10-27-22(17-38-43(27)2)21-15-26(29(46-3)16-28(21)44)40-33-37-18-23(34)32(41-33)39-25-9-8-24-30(36-12-11-35-24)31(25)47(4,5)45/h8-9,11-12,15-18,20H,6-7,10,13-14,19H2,1-5H3,(H2,37,39,40,41). The molecule has 3 aromatic heterocycles. The zero-order chi connectivity index (χ0) is 32.9. The molecule has 0 amide bonds. The molecule has 5 heterocycles. The molecular formula is C33H38BrN10O2P. The molecule has 14 heteroatoms. The Morgan fingerprint density at radius 1 is 1.00 bits per heavy atom. The van der Waals surface area contributed by atoms with Gasteiger partial charge in [-0.05, 0) is 73.9 Å².